The minimum atomic E-state index is -1.16. The summed E-state index contributed by atoms with van der Waals surface area (Å²) in [5, 5.41) is 12.9. The number of rotatable bonds is 2. The molecule has 1 aliphatic carbocycles. The number of benzene rings is 1. The Labute approximate surface area is 239 Å². The van der Waals surface area contributed by atoms with Gasteiger partial charge >= 0.3 is 12.1 Å². The Kier molecular flexibility index (Phi) is 7.80. The van der Waals surface area contributed by atoms with Crippen molar-refractivity contribution in [1.82, 2.24) is 20.2 Å². The highest BCUT2D eigenvalue weighted by atomic mass is 16.6. The molecule has 1 aromatic heterocycles. The molecule has 0 spiro atoms. The van der Waals surface area contributed by atoms with Gasteiger partial charge in [0.2, 0.25) is 11.8 Å². The van der Waals surface area contributed by atoms with Crippen LogP contribution in [0.3, 0.4) is 0 Å². The van der Waals surface area contributed by atoms with Crippen molar-refractivity contribution in [2.45, 2.75) is 77.7 Å². The van der Waals surface area contributed by atoms with E-state index in [0.29, 0.717) is 22.5 Å². The van der Waals surface area contributed by atoms with Gasteiger partial charge in [0.25, 0.3) is 0 Å². The van der Waals surface area contributed by atoms with Crippen molar-refractivity contribution in [3.05, 3.63) is 30.0 Å². The highest BCUT2D eigenvalue weighted by Gasteiger charge is 2.50. The maximum Gasteiger partial charge on any atom is 0.408 e. The van der Waals surface area contributed by atoms with E-state index >= 15 is 0 Å². The number of carbonyl (C=O) groups excluding carboxylic acids is 2. The molecule has 41 heavy (non-hydrogen) atoms. The zero-order valence-electron chi connectivity index (χ0n) is 24.1. The summed E-state index contributed by atoms with van der Waals surface area (Å²) in [6, 6.07) is 3.25. The summed E-state index contributed by atoms with van der Waals surface area (Å²) in [7, 11) is 1.57. The number of ether oxygens (including phenoxy) is 3. The second kappa shape index (κ2) is 11.2. The second-order valence-electron chi connectivity index (χ2n) is 12.3. The summed E-state index contributed by atoms with van der Waals surface area (Å²) in [6.07, 6.45) is 5.77. The van der Waals surface area contributed by atoms with Crippen LogP contribution in [0.4, 0.5) is 4.79 Å². The Morgan fingerprint density at radius 3 is 2.63 bits per heavy atom. The van der Waals surface area contributed by atoms with Crippen molar-refractivity contribution in [3.8, 4) is 11.6 Å². The van der Waals surface area contributed by atoms with Gasteiger partial charge in [-0.2, -0.15) is 0 Å². The fraction of sp³-hybridized carbons (Fsp3) is 0.567. The molecule has 3 aliphatic rings. The first kappa shape index (κ1) is 28.6. The Bertz CT molecular complexity index is 1370. The number of aliphatic carboxylic acids is 1. The number of amides is 2. The lowest BCUT2D eigenvalue weighted by Gasteiger charge is -2.34. The van der Waals surface area contributed by atoms with Crippen LogP contribution in [0, 0.1) is 17.3 Å². The van der Waals surface area contributed by atoms with Gasteiger partial charge < -0.3 is 29.5 Å². The average Bonchev–Trinajstić information content (AvgIpc) is 3.56. The largest absolute Gasteiger partial charge is 0.497 e. The lowest BCUT2D eigenvalue weighted by molar-refractivity contribution is -0.151. The third-order valence-electron chi connectivity index (χ3n) is 8.17. The Balaban J connectivity index is 1.54. The molecule has 2 aliphatic heterocycles. The quantitative estimate of drug-likeness (QED) is 0.551. The molecule has 220 valence electrons. The molecule has 2 fully saturated rings. The summed E-state index contributed by atoms with van der Waals surface area (Å²) < 4.78 is 17.4. The van der Waals surface area contributed by atoms with E-state index in [9.17, 15) is 19.5 Å². The maximum atomic E-state index is 13.9. The summed E-state index contributed by atoms with van der Waals surface area (Å²) in [6.45, 7) is 7.22. The van der Waals surface area contributed by atoms with Gasteiger partial charge in [0.05, 0.1) is 24.7 Å². The van der Waals surface area contributed by atoms with Crippen molar-refractivity contribution >= 4 is 35.1 Å². The molecule has 5 rings (SSSR count). The van der Waals surface area contributed by atoms with Gasteiger partial charge in [-0.05, 0) is 55.2 Å². The number of hydrogen-bond acceptors (Lipinski definition) is 8. The molecule has 11 heteroatoms. The van der Waals surface area contributed by atoms with Crippen LogP contribution in [-0.2, 0) is 14.3 Å². The van der Waals surface area contributed by atoms with Crippen LogP contribution in [-0.4, -0.2) is 75.9 Å². The van der Waals surface area contributed by atoms with Crippen molar-refractivity contribution in [3.63, 3.8) is 0 Å². The number of allylic oxidation sites excluding steroid dienone is 1. The lowest BCUT2D eigenvalue weighted by atomic mass is 9.85. The molecule has 0 unspecified atom stereocenters. The summed E-state index contributed by atoms with van der Waals surface area (Å²) in [5.41, 5.74) is 1.06. The van der Waals surface area contributed by atoms with Crippen LogP contribution in [0.5, 0.6) is 11.6 Å². The monoisotopic (exact) mass is 566 g/mol. The van der Waals surface area contributed by atoms with E-state index in [1.165, 1.54) is 4.90 Å². The van der Waals surface area contributed by atoms with Crippen molar-refractivity contribution < 1.29 is 33.7 Å². The van der Waals surface area contributed by atoms with Gasteiger partial charge in [-0.15, -0.1) is 0 Å². The predicted octanol–water partition coefficient (Wildman–Crippen LogP) is 4.04. The number of nitrogens with one attached hydrogen (secondary N) is 1. The molecule has 3 heterocycles. The number of fused-ring (bicyclic) bond motifs is 5. The van der Waals surface area contributed by atoms with Crippen molar-refractivity contribution in [2.75, 3.05) is 13.7 Å². The van der Waals surface area contributed by atoms with E-state index in [1.54, 1.807) is 20.1 Å². The molecular weight excluding hydrogens is 528 g/mol. The van der Waals surface area contributed by atoms with Gasteiger partial charge in [0.1, 0.15) is 35.7 Å². The normalized spacial score (nSPS) is 28.9. The van der Waals surface area contributed by atoms with Gasteiger partial charge in [0, 0.05) is 12.0 Å². The van der Waals surface area contributed by atoms with Crippen molar-refractivity contribution in [2.24, 2.45) is 17.3 Å². The molecule has 2 bridgehead atoms. The zero-order valence-corrected chi connectivity index (χ0v) is 24.1. The second-order valence-corrected chi connectivity index (χ2v) is 12.3. The highest BCUT2D eigenvalue weighted by Crippen LogP contribution is 2.39. The summed E-state index contributed by atoms with van der Waals surface area (Å²) in [4.78, 5) is 50.0. The highest BCUT2D eigenvalue weighted by molar-refractivity contribution is 5.90. The number of carboxylic acid groups (broad SMARTS) is 1. The molecule has 2 aromatic rings. The maximum absolute atomic E-state index is 13.9. The van der Waals surface area contributed by atoms with Crippen LogP contribution >= 0.6 is 0 Å². The number of methoxy groups -OCH3 is 1. The van der Waals surface area contributed by atoms with E-state index in [1.807, 2.05) is 45.1 Å². The molecule has 2 amide bonds. The van der Waals surface area contributed by atoms with E-state index in [0.717, 1.165) is 25.7 Å². The number of nitrogens with zero attached hydrogens (tertiary/aromatic N) is 3. The van der Waals surface area contributed by atoms with E-state index in [-0.39, 0.29) is 24.4 Å². The molecule has 6 atom stereocenters. The molecule has 1 saturated heterocycles. The number of carbonyl (C=O) groups is 3. The molecule has 11 nitrogen and oxygen atoms in total. The standard InChI is InChI=1S/C30H38N4O7/c1-16-23-15-34(24(16)28(36)37)27(35)25(30(2,3)4)33-29(38)41-22-13-17(22)9-7-6-8-10-20-26(40-23)32-21-14-18(39-5)11-12-19(21)31-20/h8,10-12,14,16-17,22-25H,6-7,9,13,15H2,1-5H3,(H,33,38)(H,36,37)/t16-,17-,22-,23+,24+,25-/m1/s1. The van der Waals surface area contributed by atoms with E-state index in [4.69, 9.17) is 24.2 Å². The first-order valence-corrected chi connectivity index (χ1v) is 14.2. The first-order chi connectivity index (χ1) is 19.5. The lowest BCUT2D eigenvalue weighted by Crippen LogP contribution is -2.57. The number of hydrogen-bond donors (Lipinski definition) is 2. The Morgan fingerprint density at radius 2 is 1.93 bits per heavy atom. The van der Waals surface area contributed by atoms with Gasteiger partial charge in [-0.3, -0.25) is 4.79 Å². The van der Waals surface area contributed by atoms with Crippen LogP contribution in [0.25, 0.3) is 17.1 Å². The van der Waals surface area contributed by atoms with Gasteiger partial charge in [0.15, 0.2) is 0 Å². The molecule has 0 radical (unpaired) electrons. The fourth-order valence-corrected chi connectivity index (χ4v) is 5.65. The average molecular weight is 567 g/mol. The molecular formula is C30H38N4O7. The zero-order chi connectivity index (χ0) is 29.5. The molecule has 2 N–H and O–H groups in total. The third kappa shape index (κ3) is 6.08. The molecule has 1 aromatic carbocycles. The summed E-state index contributed by atoms with van der Waals surface area (Å²) >= 11 is 0. The number of alkyl carbamates (subject to hydrolysis) is 1. The summed E-state index contributed by atoms with van der Waals surface area (Å²) in [5.74, 6) is -1.05. The van der Waals surface area contributed by atoms with Crippen LogP contribution in [0.2, 0.25) is 0 Å². The smallest absolute Gasteiger partial charge is 0.408 e. The van der Waals surface area contributed by atoms with E-state index in [2.05, 4.69) is 5.32 Å². The van der Waals surface area contributed by atoms with Crippen molar-refractivity contribution in [1.29, 1.82) is 0 Å². The predicted molar refractivity (Wildman–Crippen MR) is 150 cm³/mol. The van der Waals surface area contributed by atoms with Crippen LogP contribution in [0.15, 0.2) is 24.3 Å². The van der Waals surface area contributed by atoms with Gasteiger partial charge in [-0.1, -0.05) is 33.8 Å². The minimum Gasteiger partial charge on any atom is -0.497 e. The van der Waals surface area contributed by atoms with E-state index < -0.39 is 47.5 Å². The Hall–Kier alpha value is -3.89. The Morgan fingerprint density at radius 1 is 1.15 bits per heavy atom. The fourth-order valence-electron chi connectivity index (χ4n) is 5.65. The SMILES string of the molecule is COc1ccc2nc3c(nc2c1)O[C@H]1CN(C(=O)[C@H](C(C)(C)C)NC(=O)O[C@@H]2C[C@H]2CCCC=C3)[C@H](C(=O)O)[C@@H]1C. The van der Waals surface area contributed by atoms with Gasteiger partial charge in [-0.25, -0.2) is 19.6 Å². The topological polar surface area (TPSA) is 140 Å². The van der Waals surface area contributed by atoms with Crippen LogP contribution < -0.4 is 14.8 Å². The first-order valence-electron chi connectivity index (χ1n) is 14.2. The minimum absolute atomic E-state index is 0.00591. The number of carboxylic acids is 1. The van der Waals surface area contributed by atoms with Crippen LogP contribution in [0.1, 0.15) is 59.1 Å². The molecule has 1 saturated carbocycles. The number of aromatic nitrogens is 2. The third-order valence-corrected chi connectivity index (χ3v) is 8.17.